The Morgan fingerprint density at radius 3 is 2.21 bits per heavy atom. The second kappa shape index (κ2) is 4.94. The maximum absolute atomic E-state index is 10.7. The topological polar surface area (TPSA) is 101 Å². The van der Waals surface area contributed by atoms with Gasteiger partial charge < -0.3 is 10.4 Å². The highest BCUT2D eigenvalue weighted by Gasteiger charge is 2.19. The number of carbonyl (C=O) groups is 2. The molecule has 0 saturated heterocycles. The first-order valence-corrected chi connectivity index (χ1v) is 5.96. The van der Waals surface area contributed by atoms with Gasteiger partial charge in [0.15, 0.2) is 0 Å². The number of carboxylic acid groups (broad SMARTS) is 1. The quantitative estimate of drug-likeness (QED) is 0.623. The van der Waals surface area contributed by atoms with Gasteiger partial charge in [-0.15, -0.1) is 0 Å². The Balaban J connectivity index is 4.25. The Hall–Kier alpha value is -1.11. The van der Waals surface area contributed by atoms with Crippen LogP contribution in [-0.4, -0.2) is 43.5 Å². The summed E-state index contributed by atoms with van der Waals surface area (Å²) in [5.74, 6) is -1.99. The molecule has 0 unspecified atom stereocenters. The Kier molecular flexibility index (Phi) is 4.55. The summed E-state index contributed by atoms with van der Waals surface area (Å²) in [5, 5.41) is 10.8. The fourth-order valence-electron chi connectivity index (χ4n) is 0.835. The Morgan fingerprint density at radius 2 is 1.93 bits per heavy atom. The molecule has 0 bridgehead atoms. The number of amides is 1. The van der Waals surface area contributed by atoms with E-state index < -0.39 is 27.8 Å². The van der Waals surface area contributed by atoms with Crippen molar-refractivity contribution in [3.63, 3.8) is 0 Å². The summed E-state index contributed by atoms with van der Waals surface area (Å²) in [5.41, 5.74) is 0. The van der Waals surface area contributed by atoms with Gasteiger partial charge in [-0.25, -0.2) is 13.2 Å². The van der Waals surface area contributed by atoms with Crippen LogP contribution in [0.3, 0.4) is 0 Å². The number of sulfone groups is 1. The van der Waals surface area contributed by atoms with E-state index in [2.05, 4.69) is 5.32 Å². The SMILES string of the molecule is CC(=O)N[C@@H](CCS(C)(=O)=O)C(=O)O. The molecule has 1 atom stereocenters. The largest absolute Gasteiger partial charge is 0.480 e. The van der Waals surface area contributed by atoms with Crippen molar-refractivity contribution in [3.05, 3.63) is 0 Å². The molecule has 0 aliphatic rings. The molecule has 14 heavy (non-hydrogen) atoms. The molecule has 0 fully saturated rings. The Morgan fingerprint density at radius 1 is 1.43 bits per heavy atom. The molecule has 0 aromatic carbocycles. The number of nitrogens with one attached hydrogen (secondary N) is 1. The molecule has 0 aromatic rings. The lowest BCUT2D eigenvalue weighted by Gasteiger charge is -2.11. The summed E-state index contributed by atoms with van der Waals surface area (Å²) >= 11 is 0. The van der Waals surface area contributed by atoms with Gasteiger partial charge in [0.1, 0.15) is 15.9 Å². The zero-order chi connectivity index (χ0) is 11.4. The highest BCUT2D eigenvalue weighted by atomic mass is 32.2. The molecule has 0 heterocycles. The number of carboxylic acids is 1. The molecule has 0 radical (unpaired) electrons. The Labute approximate surface area is 82.2 Å². The summed E-state index contributed by atoms with van der Waals surface area (Å²) in [4.78, 5) is 21.1. The van der Waals surface area contributed by atoms with Crippen molar-refractivity contribution in [1.29, 1.82) is 0 Å². The fourth-order valence-corrected chi connectivity index (χ4v) is 1.50. The van der Waals surface area contributed by atoms with Crippen LogP contribution >= 0.6 is 0 Å². The standard InChI is InChI=1S/C7H13NO5S/c1-5(9)8-6(7(10)11)3-4-14(2,12)13/h6H,3-4H2,1-2H3,(H,8,9)(H,10,11)/t6-/m0/s1. The number of rotatable bonds is 5. The highest BCUT2D eigenvalue weighted by molar-refractivity contribution is 7.90. The van der Waals surface area contributed by atoms with E-state index in [1.807, 2.05) is 0 Å². The second-order valence-corrected chi connectivity index (χ2v) is 5.27. The average Bonchev–Trinajstić information content (AvgIpc) is 1.94. The minimum absolute atomic E-state index is 0.117. The molecule has 1 amide bonds. The maximum atomic E-state index is 10.7. The minimum Gasteiger partial charge on any atom is -0.480 e. The van der Waals surface area contributed by atoms with Crippen LogP contribution in [0.5, 0.6) is 0 Å². The first-order chi connectivity index (χ1) is 6.22. The van der Waals surface area contributed by atoms with Gasteiger partial charge in [-0.1, -0.05) is 0 Å². The third kappa shape index (κ3) is 6.41. The van der Waals surface area contributed by atoms with E-state index in [9.17, 15) is 18.0 Å². The Bertz CT molecular complexity index is 321. The summed E-state index contributed by atoms with van der Waals surface area (Å²) in [7, 11) is -3.20. The molecule has 6 nitrogen and oxygen atoms in total. The summed E-state index contributed by atoms with van der Waals surface area (Å²) in [6.45, 7) is 1.18. The summed E-state index contributed by atoms with van der Waals surface area (Å²) in [6, 6.07) is -1.14. The average molecular weight is 223 g/mol. The maximum Gasteiger partial charge on any atom is 0.326 e. The molecule has 0 saturated carbocycles. The monoisotopic (exact) mass is 223 g/mol. The molecule has 0 aromatic heterocycles. The van der Waals surface area contributed by atoms with E-state index in [0.717, 1.165) is 6.26 Å². The molecular formula is C7H13NO5S. The van der Waals surface area contributed by atoms with Crippen molar-refractivity contribution in [2.24, 2.45) is 0 Å². The zero-order valence-electron chi connectivity index (χ0n) is 7.98. The van der Waals surface area contributed by atoms with Gasteiger partial charge in [0, 0.05) is 13.2 Å². The third-order valence-electron chi connectivity index (χ3n) is 1.45. The van der Waals surface area contributed by atoms with E-state index in [1.165, 1.54) is 6.92 Å². The summed E-state index contributed by atoms with van der Waals surface area (Å²) in [6.07, 6.45) is 0.896. The van der Waals surface area contributed by atoms with Gasteiger partial charge in [0.25, 0.3) is 0 Å². The number of aliphatic carboxylic acids is 1. The third-order valence-corrected chi connectivity index (χ3v) is 2.43. The van der Waals surface area contributed by atoms with Gasteiger partial charge in [-0.05, 0) is 6.42 Å². The van der Waals surface area contributed by atoms with Crippen LogP contribution in [0.4, 0.5) is 0 Å². The van der Waals surface area contributed by atoms with Gasteiger partial charge >= 0.3 is 5.97 Å². The van der Waals surface area contributed by atoms with Crippen molar-refractivity contribution < 1.29 is 23.1 Å². The summed E-state index contributed by atoms with van der Waals surface area (Å²) < 4.78 is 21.5. The number of carbonyl (C=O) groups excluding carboxylic acids is 1. The second-order valence-electron chi connectivity index (χ2n) is 3.01. The van der Waals surface area contributed by atoms with E-state index >= 15 is 0 Å². The number of hydrogen-bond donors (Lipinski definition) is 2. The van der Waals surface area contributed by atoms with E-state index in [4.69, 9.17) is 5.11 Å². The van der Waals surface area contributed by atoms with E-state index in [0.29, 0.717) is 0 Å². The van der Waals surface area contributed by atoms with Gasteiger partial charge in [-0.3, -0.25) is 4.79 Å². The van der Waals surface area contributed by atoms with Crippen LogP contribution in [0, 0.1) is 0 Å². The van der Waals surface area contributed by atoms with Crippen LogP contribution < -0.4 is 5.32 Å². The molecule has 0 spiro atoms. The first-order valence-electron chi connectivity index (χ1n) is 3.90. The van der Waals surface area contributed by atoms with Crippen LogP contribution in [0.2, 0.25) is 0 Å². The zero-order valence-corrected chi connectivity index (χ0v) is 8.80. The van der Waals surface area contributed by atoms with Crippen molar-refractivity contribution in [3.8, 4) is 0 Å². The van der Waals surface area contributed by atoms with Crippen molar-refractivity contribution in [2.75, 3.05) is 12.0 Å². The minimum atomic E-state index is -3.20. The number of hydrogen-bond acceptors (Lipinski definition) is 4. The molecule has 0 aliphatic carbocycles. The fraction of sp³-hybridized carbons (Fsp3) is 0.714. The van der Waals surface area contributed by atoms with E-state index in [-0.39, 0.29) is 12.2 Å². The lowest BCUT2D eigenvalue weighted by molar-refractivity contribution is -0.141. The van der Waals surface area contributed by atoms with Crippen LogP contribution in [0.25, 0.3) is 0 Å². The van der Waals surface area contributed by atoms with Gasteiger partial charge in [0.05, 0.1) is 5.75 Å². The molecule has 2 N–H and O–H groups in total. The van der Waals surface area contributed by atoms with Crippen molar-refractivity contribution >= 4 is 21.7 Å². The van der Waals surface area contributed by atoms with Crippen LogP contribution in [-0.2, 0) is 19.4 Å². The normalized spacial score (nSPS) is 13.3. The molecule has 0 rings (SSSR count). The van der Waals surface area contributed by atoms with Gasteiger partial charge in [-0.2, -0.15) is 0 Å². The predicted molar refractivity (Wildman–Crippen MR) is 49.6 cm³/mol. The smallest absolute Gasteiger partial charge is 0.326 e. The molecule has 0 aliphatic heterocycles. The van der Waals surface area contributed by atoms with E-state index in [1.54, 1.807) is 0 Å². The van der Waals surface area contributed by atoms with Crippen LogP contribution in [0.1, 0.15) is 13.3 Å². The van der Waals surface area contributed by atoms with Crippen LogP contribution in [0.15, 0.2) is 0 Å². The van der Waals surface area contributed by atoms with Crippen molar-refractivity contribution in [2.45, 2.75) is 19.4 Å². The molecule has 7 heteroatoms. The predicted octanol–water partition coefficient (Wildman–Crippen LogP) is -0.990. The first kappa shape index (κ1) is 12.9. The lowest BCUT2D eigenvalue weighted by Crippen LogP contribution is -2.40. The van der Waals surface area contributed by atoms with Gasteiger partial charge in [0.2, 0.25) is 5.91 Å². The highest BCUT2D eigenvalue weighted by Crippen LogP contribution is 1.96. The lowest BCUT2D eigenvalue weighted by atomic mass is 10.2. The molecule has 82 valence electrons. The van der Waals surface area contributed by atoms with Crippen molar-refractivity contribution in [1.82, 2.24) is 5.32 Å². The molecular weight excluding hydrogens is 210 g/mol.